The topological polar surface area (TPSA) is 62.5 Å². The van der Waals surface area contributed by atoms with Crippen molar-refractivity contribution in [1.82, 2.24) is 5.32 Å². The minimum atomic E-state index is -0.766. The Labute approximate surface area is 95.7 Å². The minimum absolute atomic E-state index is 0.00380. The summed E-state index contributed by atoms with van der Waals surface area (Å²) < 4.78 is 5.23. The van der Waals surface area contributed by atoms with Gasteiger partial charge in [0.2, 0.25) is 0 Å². The fraction of sp³-hybridized carbons (Fsp3) is 0.583. The second-order valence-electron chi connectivity index (χ2n) is 4.18. The van der Waals surface area contributed by atoms with Crippen molar-refractivity contribution in [3.05, 3.63) is 24.2 Å². The van der Waals surface area contributed by atoms with Gasteiger partial charge < -0.3 is 14.8 Å². The van der Waals surface area contributed by atoms with E-state index >= 15 is 0 Å². The predicted molar refractivity (Wildman–Crippen MR) is 61.3 cm³/mol. The molecule has 1 aromatic heterocycles. The van der Waals surface area contributed by atoms with Gasteiger partial charge in [-0.2, -0.15) is 0 Å². The van der Waals surface area contributed by atoms with E-state index in [0.717, 1.165) is 18.6 Å². The van der Waals surface area contributed by atoms with E-state index in [4.69, 9.17) is 9.52 Å². The number of aliphatic carboxylic acids is 1. The van der Waals surface area contributed by atoms with Crippen LogP contribution in [0.3, 0.4) is 0 Å². The zero-order chi connectivity index (χ0) is 12.0. The van der Waals surface area contributed by atoms with Crippen molar-refractivity contribution in [2.45, 2.75) is 45.2 Å². The van der Waals surface area contributed by atoms with Gasteiger partial charge in [-0.3, -0.25) is 4.79 Å². The lowest BCUT2D eigenvalue weighted by Crippen LogP contribution is -2.36. The van der Waals surface area contributed by atoms with Crippen LogP contribution in [0.1, 0.15) is 32.4 Å². The van der Waals surface area contributed by atoms with E-state index in [9.17, 15) is 4.79 Å². The molecule has 0 amide bonds. The third kappa shape index (κ3) is 4.98. The summed E-state index contributed by atoms with van der Waals surface area (Å²) in [5.41, 5.74) is 0. The molecule has 0 spiro atoms. The molecule has 0 fully saturated rings. The lowest BCUT2D eigenvalue weighted by molar-refractivity contribution is -0.137. The van der Waals surface area contributed by atoms with Crippen LogP contribution in [-0.4, -0.2) is 23.2 Å². The summed E-state index contributed by atoms with van der Waals surface area (Å²) in [6.45, 7) is 3.94. The van der Waals surface area contributed by atoms with Gasteiger partial charge in [-0.15, -0.1) is 0 Å². The van der Waals surface area contributed by atoms with Crippen LogP contribution in [0.2, 0.25) is 0 Å². The summed E-state index contributed by atoms with van der Waals surface area (Å²) in [5, 5.41) is 11.9. The molecule has 16 heavy (non-hydrogen) atoms. The Morgan fingerprint density at radius 2 is 2.25 bits per heavy atom. The molecule has 1 rings (SSSR count). The van der Waals surface area contributed by atoms with Crippen molar-refractivity contribution in [1.29, 1.82) is 0 Å². The highest BCUT2D eigenvalue weighted by atomic mass is 16.4. The summed E-state index contributed by atoms with van der Waals surface area (Å²) in [6, 6.07) is 4.12. The molecule has 0 aliphatic heterocycles. The van der Waals surface area contributed by atoms with Crippen LogP contribution in [-0.2, 0) is 11.2 Å². The van der Waals surface area contributed by atoms with Crippen molar-refractivity contribution < 1.29 is 14.3 Å². The number of furan rings is 1. The molecule has 2 N–H and O–H groups in total. The zero-order valence-electron chi connectivity index (χ0n) is 9.77. The van der Waals surface area contributed by atoms with E-state index in [1.807, 2.05) is 19.1 Å². The Bertz CT molecular complexity index is 308. The van der Waals surface area contributed by atoms with Crippen LogP contribution in [0, 0.1) is 0 Å². The lowest BCUT2D eigenvalue weighted by Gasteiger charge is -2.18. The molecule has 1 heterocycles. The third-order valence-electron chi connectivity index (χ3n) is 2.45. The molecule has 0 aliphatic carbocycles. The zero-order valence-corrected chi connectivity index (χ0v) is 9.77. The number of carboxylic acid groups (broad SMARTS) is 1. The van der Waals surface area contributed by atoms with E-state index in [0.29, 0.717) is 6.04 Å². The fourth-order valence-corrected chi connectivity index (χ4v) is 1.70. The highest BCUT2D eigenvalue weighted by Gasteiger charge is 2.11. The number of carbonyl (C=O) groups is 1. The largest absolute Gasteiger partial charge is 0.481 e. The Morgan fingerprint density at radius 3 is 2.81 bits per heavy atom. The molecule has 4 heteroatoms. The maximum Gasteiger partial charge on any atom is 0.304 e. The van der Waals surface area contributed by atoms with E-state index in [1.54, 1.807) is 6.26 Å². The summed E-state index contributed by atoms with van der Waals surface area (Å²) >= 11 is 0. The van der Waals surface area contributed by atoms with Crippen LogP contribution >= 0.6 is 0 Å². The minimum Gasteiger partial charge on any atom is -0.481 e. The molecule has 2 unspecified atom stereocenters. The van der Waals surface area contributed by atoms with E-state index < -0.39 is 5.97 Å². The second kappa shape index (κ2) is 6.33. The molecule has 2 atom stereocenters. The van der Waals surface area contributed by atoms with Gasteiger partial charge in [0.05, 0.1) is 12.7 Å². The molecular formula is C12H19NO3. The SMILES string of the molecule is CC(CCc1ccco1)NC(C)CC(=O)O. The molecule has 0 radical (unpaired) electrons. The van der Waals surface area contributed by atoms with Crippen LogP contribution in [0.5, 0.6) is 0 Å². The molecule has 90 valence electrons. The molecule has 0 aromatic carbocycles. The molecule has 4 nitrogen and oxygen atoms in total. The highest BCUT2D eigenvalue weighted by Crippen LogP contribution is 2.06. The number of hydrogen-bond donors (Lipinski definition) is 2. The molecule has 0 bridgehead atoms. The number of rotatable bonds is 7. The monoisotopic (exact) mass is 225 g/mol. The quantitative estimate of drug-likeness (QED) is 0.745. The van der Waals surface area contributed by atoms with Crippen molar-refractivity contribution in [2.24, 2.45) is 0 Å². The highest BCUT2D eigenvalue weighted by molar-refractivity contribution is 5.67. The van der Waals surface area contributed by atoms with Gasteiger partial charge in [0.15, 0.2) is 0 Å². The average molecular weight is 225 g/mol. The van der Waals surface area contributed by atoms with Gasteiger partial charge in [0.25, 0.3) is 0 Å². The van der Waals surface area contributed by atoms with Gasteiger partial charge in [0.1, 0.15) is 5.76 Å². The first-order valence-corrected chi connectivity index (χ1v) is 5.58. The smallest absolute Gasteiger partial charge is 0.304 e. The first-order valence-electron chi connectivity index (χ1n) is 5.58. The van der Waals surface area contributed by atoms with E-state index in [-0.39, 0.29) is 12.5 Å². The molecule has 0 saturated heterocycles. The van der Waals surface area contributed by atoms with Crippen molar-refractivity contribution in [2.75, 3.05) is 0 Å². The van der Waals surface area contributed by atoms with Gasteiger partial charge in [0, 0.05) is 18.5 Å². The maximum absolute atomic E-state index is 10.5. The van der Waals surface area contributed by atoms with Gasteiger partial charge in [-0.1, -0.05) is 0 Å². The molecular weight excluding hydrogens is 206 g/mol. The number of nitrogens with one attached hydrogen (secondary N) is 1. The van der Waals surface area contributed by atoms with Crippen molar-refractivity contribution >= 4 is 5.97 Å². The number of hydrogen-bond acceptors (Lipinski definition) is 3. The second-order valence-corrected chi connectivity index (χ2v) is 4.18. The summed E-state index contributed by atoms with van der Waals surface area (Å²) in [4.78, 5) is 10.5. The van der Waals surface area contributed by atoms with Crippen LogP contribution in [0.15, 0.2) is 22.8 Å². The Balaban J connectivity index is 2.20. The Hall–Kier alpha value is -1.29. The Morgan fingerprint density at radius 1 is 1.50 bits per heavy atom. The maximum atomic E-state index is 10.5. The van der Waals surface area contributed by atoms with Crippen LogP contribution < -0.4 is 5.32 Å². The predicted octanol–water partition coefficient (Wildman–Crippen LogP) is 2.05. The van der Waals surface area contributed by atoms with E-state index in [2.05, 4.69) is 12.2 Å². The molecule has 1 aromatic rings. The fourth-order valence-electron chi connectivity index (χ4n) is 1.70. The van der Waals surface area contributed by atoms with Gasteiger partial charge in [-0.05, 0) is 32.4 Å². The van der Waals surface area contributed by atoms with Gasteiger partial charge >= 0.3 is 5.97 Å². The summed E-state index contributed by atoms with van der Waals surface area (Å²) in [7, 11) is 0. The van der Waals surface area contributed by atoms with Crippen LogP contribution in [0.4, 0.5) is 0 Å². The van der Waals surface area contributed by atoms with Gasteiger partial charge in [-0.25, -0.2) is 0 Å². The normalized spacial score (nSPS) is 14.6. The Kier molecular flexibility index (Phi) is 5.05. The third-order valence-corrected chi connectivity index (χ3v) is 2.45. The number of carboxylic acids is 1. The first-order chi connectivity index (χ1) is 7.58. The molecule has 0 aliphatic rings. The first kappa shape index (κ1) is 12.8. The van der Waals surface area contributed by atoms with Crippen molar-refractivity contribution in [3.63, 3.8) is 0 Å². The van der Waals surface area contributed by atoms with Crippen LogP contribution in [0.25, 0.3) is 0 Å². The summed E-state index contributed by atoms with van der Waals surface area (Å²) in [6.07, 6.45) is 3.64. The molecule has 0 saturated carbocycles. The summed E-state index contributed by atoms with van der Waals surface area (Å²) in [5.74, 6) is 0.206. The average Bonchev–Trinajstić information content (AvgIpc) is 2.65. The standard InChI is InChI=1S/C12H19NO3/c1-9(13-10(2)8-12(14)15)5-6-11-4-3-7-16-11/h3-4,7,9-10,13H,5-6,8H2,1-2H3,(H,14,15). The van der Waals surface area contributed by atoms with E-state index in [1.165, 1.54) is 0 Å². The van der Waals surface area contributed by atoms with Crippen molar-refractivity contribution in [3.8, 4) is 0 Å². The number of aryl methyl sites for hydroxylation is 1. The lowest BCUT2D eigenvalue weighted by atomic mass is 10.1.